The molecule has 0 aliphatic heterocycles. The Morgan fingerprint density at radius 2 is 1.67 bits per heavy atom. The van der Waals surface area contributed by atoms with E-state index in [1.54, 1.807) is 4.90 Å². The molecule has 30 heavy (non-hydrogen) atoms. The second-order valence-electron chi connectivity index (χ2n) is 7.98. The molecule has 0 heterocycles. The second-order valence-corrected chi connectivity index (χ2v) is 8.38. The highest BCUT2D eigenvalue weighted by Crippen LogP contribution is 2.18. The van der Waals surface area contributed by atoms with Crippen LogP contribution < -0.4 is 5.32 Å². The van der Waals surface area contributed by atoms with Gasteiger partial charge in [0, 0.05) is 24.5 Å². The minimum Gasteiger partial charge on any atom is -0.354 e. The second kappa shape index (κ2) is 12.4. The predicted octanol–water partition coefficient (Wildman–Crippen LogP) is 4.89. The largest absolute Gasteiger partial charge is 0.354 e. The third-order valence-electron chi connectivity index (χ3n) is 5.12. The molecule has 2 aromatic carbocycles. The first-order chi connectivity index (χ1) is 14.4. The Morgan fingerprint density at radius 1 is 1.00 bits per heavy atom. The molecule has 0 aromatic heterocycles. The summed E-state index contributed by atoms with van der Waals surface area (Å²) < 4.78 is 0. The van der Waals surface area contributed by atoms with Crippen molar-refractivity contribution in [3.63, 3.8) is 0 Å². The monoisotopic (exact) mass is 428 g/mol. The van der Waals surface area contributed by atoms with Crippen molar-refractivity contribution in [2.45, 2.75) is 52.5 Å². The van der Waals surface area contributed by atoms with E-state index in [4.69, 9.17) is 11.6 Å². The van der Waals surface area contributed by atoms with Crippen molar-refractivity contribution in [2.75, 3.05) is 13.1 Å². The fourth-order valence-corrected chi connectivity index (χ4v) is 3.64. The molecule has 0 aliphatic carbocycles. The Hall–Kier alpha value is -2.33. The Kier molecular flexibility index (Phi) is 9.88. The first-order valence-corrected chi connectivity index (χ1v) is 11.1. The van der Waals surface area contributed by atoms with Crippen molar-refractivity contribution in [3.8, 4) is 0 Å². The number of rotatable bonds is 11. The van der Waals surface area contributed by atoms with E-state index in [2.05, 4.69) is 19.2 Å². The van der Waals surface area contributed by atoms with Gasteiger partial charge in [-0.05, 0) is 42.4 Å². The molecular formula is C25H33ClN2O2. The van der Waals surface area contributed by atoms with E-state index in [9.17, 15) is 9.59 Å². The highest BCUT2D eigenvalue weighted by Gasteiger charge is 2.28. The summed E-state index contributed by atoms with van der Waals surface area (Å²) in [6.07, 6.45) is 2.18. The molecule has 0 radical (unpaired) electrons. The summed E-state index contributed by atoms with van der Waals surface area (Å²) in [6.45, 7) is 7.19. The van der Waals surface area contributed by atoms with Gasteiger partial charge in [0.1, 0.15) is 6.04 Å². The molecule has 0 unspecified atom stereocenters. The number of amides is 2. The van der Waals surface area contributed by atoms with Gasteiger partial charge < -0.3 is 10.2 Å². The third kappa shape index (κ3) is 7.49. The van der Waals surface area contributed by atoms with Gasteiger partial charge in [-0.2, -0.15) is 0 Å². The van der Waals surface area contributed by atoms with Crippen molar-refractivity contribution in [3.05, 3.63) is 70.7 Å². The molecule has 0 aliphatic rings. The molecular weight excluding hydrogens is 396 g/mol. The smallest absolute Gasteiger partial charge is 0.242 e. The molecule has 162 valence electrons. The van der Waals surface area contributed by atoms with E-state index in [1.165, 1.54) is 0 Å². The lowest BCUT2D eigenvalue weighted by atomic mass is 10.1. The molecule has 2 rings (SSSR count). The fraction of sp³-hybridized carbons (Fsp3) is 0.440. The maximum absolute atomic E-state index is 13.2. The van der Waals surface area contributed by atoms with Crippen LogP contribution in [-0.2, 0) is 22.4 Å². The summed E-state index contributed by atoms with van der Waals surface area (Å²) in [5, 5.41) is 3.66. The Balaban J connectivity index is 2.12. The van der Waals surface area contributed by atoms with Crippen LogP contribution in [0.1, 0.15) is 44.7 Å². The number of halogens is 1. The van der Waals surface area contributed by atoms with Crippen LogP contribution >= 0.6 is 11.6 Å². The number of nitrogens with one attached hydrogen (secondary N) is 1. The van der Waals surface area contributed by atoms with E-state index in [0.717, 1.165) is 11.1 Å². The molecule has 2 amide bonds. The summed E-state index contributed by atoms with van der Waals surface area (Å²) in [5.74, 6) is 0.267. The Morgan fingerprint density at radius 3 is 2.30 bits per heavy atom. The van der Waals surface area contributed by atoms with E-state index >= 15 is 0 Å². The lowest BCUT2D eigenvalue weighted by Gasteiger charge is -2.31. The van der Waals surface area contributed by atoms with Gasteiger partial charge in [0.25, 0.3) is 0 Å². The highest BCUT2D eigenvalue weighted by atomic mass is 35.5. The molecule has 4 nitrogen and oxygen atoms in total. The van der Waals surface area contributed by atoms with Crippen molar-refractivity contribution in [1.29, 1.82) is 0 Å². The normalized spacial score (nSPS) is 11.9. The number of nitrogens with zero attached hydrogens (tertiary/aromatic N) is 1. The zero-order chi connectivity index (χ0) is 21.9. The summed E-state index contributed by atoms with van der Waals surface area (Å²) in [6, 6.07) is 17.2. The number of hydrogen-bond acceptors (Lipinski definition) is 2. The van der Waals surface area contributed by atoms with Gasteiger partial charge in [0.15, 0.2) is 0 Å². The number of benzene rings is 2. The van der Waals surface area contributed by atoms with E-state index in [-0.39, 0.29) is 11.8 Å². The number of carbonyl (C=O) groups excluding carboxylic acids is 2. The minimum atomic E-state index is -0.466. The SMILES string of the molecule is CC[C@H](C(=O)NCC(C)C)N(CCc1ccccc1)C(=O)CCc1ccccc1Cl. The Bertz CT molecular complexity index is 808. The fourth-order valence-electron chi connectivity index (χ4n) is 3.40. The summed E-state index contributed by atoms with van der Waals surface area (Å²) in [4.78, 5) is 27.8. The van der Waals surface area contributed by atoms with Crippen LogP contribution in [0.15, 0.2) is 54.6 Å². The van der Waals surface area contributed by atoms with Gasteiger partial charge in [-0.1, -0.05) is 80.9 Å². The molecule has 1 N–H and O–H groups in total. The third-order valence-corrected chi connectivity index (χ3v) is 5.49. The zero-order valence-electron chi connectivity index (χ0n) is 18.2. The van der Waals surface area contributed by atoms with E-state index in [0.29, 0.717) is 49.7 Å². The molecule has 0 saturated heterocycles. The van der Waals surface area contributed by atoms with Crippen LogP contribution in [0, 0.1) is 5.92 Å². The standard InChI is InChI=1S/C25H33ClN2O2/c1-4-23(25(30)27-18-19(2)3)28(17-16-20-10-6-5-7-11-20)24(29)15-14-21-12-8-9-13-22(21)26/h5-13,19,23H,4,14-18H2,1-3H3,(H,27,30)/t23-/m1/s1. The highest BCUT2D eigenvalue weighted by molar-refractivity contribution is 6.31. The minimum absolute atomic E-state index is 0.0163. The van der Waals surface area contributed by atoms with Gasteiger partial charge in [-0.25, -0.2) is 0 Å². The van der Waals surface area contributed by atoms with Crippen molar-refractivity contribution in [2.24, 2.45) is 5.92 Å². The topological polar surface area (TPSA) is 49.4 Å². The molecule has 2 aromatic rings. The lowest BCUT2D eigenvalue weighted by molar-refractivity contribution is -0.140. The first kappa shape index (κ1) is 23.9. The van der Waals surface area contributed by atoms with Crippen LogP contribution in [-0.4, -0.2) is 35.8 Å². The molecule has 5 heteroatoms. The summed E-state index contributed by atoms with van der Waals surface area (Å²) >= 11 is 6.25. The van der Waals surface area contributed by atoms with Gasteiger partial charge >= 0.3 is 0 Å². The maximum Gasteiger partial charge on any atom is 0.242 e. The number of aryl methyl sites for hydroxylation is 1. The molecule has 0 spiro atoms. The van der Waals surface area contributed by atoms with E-state index in [1.807, 2.05) is 61.5 Å². The first-order valence-electron chi connectivity index (χ1n) is 10.8. The molecule has 0 bridgehead atoms. The lowest BCUT2D eigenvalue weighted by Crippen LogP contribution is -2.50. The van der Waals surface area contributed by atoms with E-state index < -0.39 is 6.04 Å². The predicted molar refractivity (Wildman–Crippen MR) is 124 cm³/mol. The summed E-state index contributed by atoms with van der Waals surface area (Å²) in [5.41, 5.74) is 2.10. The van der Waals surface area contributed by atoms with Gasteiger partial charge in [0.2, 0.25) is 11.8 Å². The molecule has 1 atom stereocenters. The van der Waals surface area contributed by atoms with Crippen LogP contribution in [0.2, 0.25) is 5.02 Å². The summed E-state index contributed by atoms with van der Waals surface area (Å²) in [7, 11) is 0. The average Bonchev–Trinajstić information content (AvgIpc) is 2.75. The van der Waals surface area contributed by atoms with Crippen LogP contribution in [0.3, 0.4) is 0 Å². The van der Waals surface area contributed by atoms with Gasteiger partial charge in [-0.15, -0.1) is 0 Å². The average molecular weight is 429 g/mol. The van der Waals surface area contributed by atoms with Crippen LogP contribution in [0.25, 0.3) is 0 Å². The number of carbonyl (C=O) groups is 2. The molecule has 0 saturated carbocycles. The molecule has 0 fully saturated rings. The Labute approximate surface area is 185 Å². The van der Waals surface area contributed by atoms with Crippen molar-refractivity contribution < 1.29 is 9.59 Å². The van der Waals surface area contributed by atoms with Gasteiger partial charge in [-0.3, -0.25) is 9.59 Å². The number of hydrogen-bond donors (Lipinski definition) is 1. The maximum atomic E-state index is 13.2. The van der Waals surface area contributed by atoms with Gasteiger partial charge in [0.05, 0.1) is 0 Å². The zero-order valence-corrected chi connectivity index (χ0v) is 19.0. The quantitative estimate of drug-likeness (QED) is 0.553. The van der Waals surface area contributed by atoms with Crippen molar-refractivity contribution in [1.82, 2.24) is 10.2 Å². The van der Waals surface area contributed by atoms with Crippen LogP contribution in [0.5, 0.6) is 0 Å². The van der Waals surface area contributed by atoms with Crippen LogP contribution in [0.4, 0.5) is 0 Å². The van der Waals surface area contributed by atoms with Crippen molar-refractivity contribution >= 4 is 23.4 Å².